The summed E-state index contributed by atoms with van der Waals surface area (Å²) in [5.41, 5.74) is 1.07. The Morgan fingerprint density at radius 1 is 1.05 bits per heavy atom. The van der Waals surface area contributed by atoms with Gasteiger partial charge < -0.3 is 5.32 Å². The van der Waals surface area contributed by atoms with E-state index in [0.717, 1.165) is 0 Å². The molecule has 0 aliphatic carbocycles. The van der Waals surface area contributed by atoms with Crippen molar-refractivity contribution in [3.8, 4) is 0 Å². The highest BCUT2D eigenvalue weighted by molar-refractivity contribution is 6.35. The third-order valence-corrected chi connectivity index (χ3v) is 3.17. The van der Waals surface area contributed by atoms with E-state index in [0.29, 0.717) is 32.6 Å². The predicted molar refractivity (Wildman–Crippen MR) is 82.1 cm³/mol. The minimum absolute atomic E-state index is 0.203. The maximum atomic E-state index is 11.9. The number of para-hydroxylation sites is 1. The maximum Gasteiger partial charge on any atom is 0.260 e. The number of aromatic amines is 1. The quantitative estimate of drug-likeness (QED) is 0.753. The topological polar surface area (TPSA) is 57.8 Å². The van der Waals surface area contributed by atoms with Crippen LogP contribution in [0, 0.1) is 0 Å². The molecule has 0 saturated carbocycles. The molecule has 3 aromatic rings. The maximum absolute atomic E-state index is 11.9. The molecule has 20 heavy (non-hydrogen) atoms. The molecule has 1 aromatic heterocycles. The number of hydrogen-bond acceptors (Lipinski definition) is 3. The SMILES string of the molecule is O=c1[nH]c(Nc2cc(Cl)cc(Cl)c2)nc2ccccc12. The molecule has 0 spiro atoms. The standard InChI is InChI=1S/C14H9Cl2N3O/c15-8-5-9(16)7-10(6-8)17-14-18-12-4-2-1-3-11(12)13(20)19-14/h1-7H,(H2,17,18,19,20). The molecule has 2 aromatic carbocycles. The number of anilines is 2. The first-order valence-electron chi connectivity index (χ1n) is 5.84. The van der Waals surface area contributed by atoms with Gasteiger partial charge in [0, 0.05) is 15.7 Å². The number of halogens is 2. The lowest BCUT2D eigenvalue weighted by Crippen LogP contribution is -2.11. The summed E-state index contributed by atoms with van der Waals surface area (Å²) in [6, 6.07) is 12.1. The minimum atomic E-state index is -0.203. The Hall–Kier alpha value is -2.04. The first-order chi connectivity index (χ1) is 9.61. The smallest absolute Gasteiger partial charge is 0.260 e. The predicted octanol–water partition coefficient (Wildman–Crippen LogP) is 3.97. The van der Waals surface area contributed by atoms with E-state index in [1.54, 1.807) is 36.4 Å². The van der Waals surface area contributed by atoms with E-state index >= 15 is 0 Å². The van der Waals surface area contributed by atoms with E-state index in [1.165, 1.54) is 0 Å². The Morgan fingerprint density at radius 2 is 1.75 bits per heavy atom. The lowest BCUT2D eigenvalue weighted by atomic mass is 10.2. The minimum Gasteiger partial charge on any atom is -0.326 e. The van der Waals surface area contributed by atoms with Crippen LogP contribution in [0.1, 0.15) is 0 Å². The number of rotatable bonds is 2. The van der Waals surface area contributed by atoms with E-state index in [2.05, 4.69) is 15.3 Å². The Bertz CT molecular complexity index is 825. The summed E-state index contributed by atoms with van der Waals surface area (Å²) in [6.07, 6.45) is 0. The number of nitrogens with one attached hydrogen (secondary N) is 2. The first kappa shape index (κ1) is 13.0. The lowest BCUT2D eigenvalue weighted by Gasteiger charge is -2.07. The second-order valence-corrected chi connectivity index (χ2v) is 5.09. The lowest BCUT2D eigenvalue weighted by molar-refractivity contribution is 1.17. The van der Waals surface area contributed by atoms with Crippen LogP contribution in [0.4, 0.5) is 11.6 Å². The molecule has 2 N–H and O–H groups in total. The molecule has 0 atom stereocenters. The van der Waals surface area contributed by atoms with E-state index < -0.39 is 0 Å². The number of nitrogens with zero attached hydrogens (tertiary/aromatic N) is 1. The van der Waals surface area contributed by atoms with Gasteiger partial charge in [0.25, 0.3) is 5.56 Å². The number of H-pyrrole nitrogens is 1. The molecule has 4 nitrogen and oxygen atoms in total. The van der Waals surface area contributed by atoms with Gasteiger partial charge in [-0.3, -0.25) is 9.78 Å². The van der Waals surface area contributed by atoms with Gasteiger partial charge in [-0.25, -0.2) is 4.98 Å². The molecule has 100 valence electrons. The van der Waals surface area contributed by atoms with Crippen molar-refractivity contribution in [2.45, 2.75) is 0 Å². The van der Waals surface area contributed by atoms with Crippen molar-refractivity contribution in [2.24, 2.45) is 0 Å². The highest BCUT2D eigenvalue weighted by Crippen LogP contribution is 2.24. The second-order valence-electron chi connectivity index (χ2n) is 4.21. The number of benzene rings is 2. The van der Waals surface area contributed by atoms with Gasteiger partial charge in [0.05, 0.1) is 10.9 Å². The van der Waals surface area contributed by atoms with Crippen molar-refractivity contribution >= 4 is 45.7 Å². The summed E-state index contributed by atoms with van der Waals surface area (Å²) in [4.78, 5) is 18.9. The normalized spacial score (nSPS) is 10.7. The van der Waals surface area contributed by atoms with Gasteiger partial charge in [0.15, 0.2) is 0 Å². The van der Waals surface area contributed by atoms with Gasteiger partial charge in [0.1, 0.15) is 0 Å². The molecule has 0 radical (unpaired) electrons. The summed E-state index contributed by atoms with van der Waals surface area (Å²) < 4.78 is 0. The van der Waals surface area contributed by atoms with Crippen molar-refractivity contribution in [2.75, 3.05) is 5.32 Å². The zero-order valence-electron chi connectivity index (χ0n) is 10.2. The van der Waals surface area contributed by atoms with Gasteiger partial charge in [-0.1, -0.05) is 35.3 Å². The Kier molecular flexibility index (Phi) is 3.34. The van der Waals surface area contributed by atoms with Gasteiger partial charge in [-0.2, -0.15) is 0 Å². The molecule has 6 heteroatoms. The molecular weight excluding hydrogens is 297 g/mol. The van der Waals surface area contributed by atoms with Crippen LogP contribution in [0.25, 0.3) is 10.9 Å². The fourth-order valence-corrected chi connectivity index (χ4v) is 2.43. The Balaban J connectivity index is 2.04. The van der Waals surface area contributed by atoms with E-state index in [9.17, 15) is 4.79 Å². The largest absolute Gasteiger partial charge is 0.326 e. The second kappa shape index (κ2) is 5.15. The zero-order valence-corrected chi connectivity index (χ0v) is 11.7. The van der Waals surface area contributed by atoms with Crippen LogP contribution < -0.4 is 10.9 Å². The van der Waals surface area contributed by atoms with Crippen molar-refractivity contribution in [3.63, 3.8) is 0 Å². The van der Waals surface area contributed by atoms with E-state index in [-0.39, 0.29) is 5.56 Å². The molecule has 0 amide bonds. The molecule has 0 fully saturated rings. The number of aromatic nitrogens is 2. The van der Waals surface area contributed by atoms with Gasteiger partial charge in [-0.05, 0) is 30.3 Å². The van der Waals surface area contributed by atoms with Crippen LogP contribution in [0.15, 0.2) is 47.3 Å². The number of fused-ring (bicyclic) bond motifs is 1. The molecule has 0 bridgehead atoms. The highest BCUT2D eigenvalue weighted by atomic mass is 35.5. The molecule has 3 rings (SSSR count). The average Bonchev–Trinajstić information content (AvgIpc) is 2.37. The molecule has 0 aliphatic heterocycles. The fraction of sp³-hybridized carbons (Fsp3) is 0. The van der Waals surface area contributed by atoms with E-state index in [1.807, 2.05) is 6.07 Å². The van der Waals surface area contributed by atoms with Gasteiger partial charge >= 0.3 is 0 Å². The van der Waals surface area contributed by atoms with Crippen LogP contribution in [0.5, 0.6) is 0 Å². The van der Waals surface area contributed by atoms with E-state index in [4.69, 9.17) is 23.2 Å². The van der Waals surface area contributed by atoms with Crippen molar-refractivity contribution in [1.82, 2.24) is 9.97 Å². The summed E-state index contributed by atoms with van der Waals surface area (Å²) in [7, 11) is 0. The van der Waals surface area contributed by atoms with Crippen LogP contribution in [0.3, 0.4) is 0 Å². The Morgan fingerprint density at radius 3 is 2.50 bits per heavy atom. The van der Waals surface area contributed by atoms with Crippen LogP contribution in [-0.2, 0) is 0 Å². The molecule has 0 aliphatic rings. The molecule has 0 saturated heterocycles. The summed E-state index contributed by atoms with van der Waals surface area (Å²) >= 11 is 11.9. The molecular formula is C14H9Cl2N3O. The van der Waals surface area contributed by atoms with Crippen LogP contribution >= 0.6 is 23.2 Å². The molecule has 0 unspecified atom stereocenters. The Labute approximate surface area is 124 Å². The van der Waals surface area contributed by atoms with Crippen LogP contribution in [0.2, 0.25) is 10.0 Å². The fourth-order valence-electron chi connectivity index (χ4n) is 1.91. The highest BCUT2D eigenvalue weighted by Gasteiger charge is 2.04. The van der Waals surface area contributed by atoms with Crippen molar-refractivity contribution < 1.29 is 0 Å². The summed E-state index contributed by atoms with van der Waals surface area (Å²) in [6.45, 7) is 0. The zero-order chi connectivity index (χ0) is 14.1. The van der Waals surface area contributed by atoms with Crippen LogP contribution in [-0.4, -0.2) is 9.97 Å². The van der Waals surface area contributed by atoms with Gasteiger partial charge in [-0.15, -0.1) is 0 Å². The third kappa shape index (κ3) is 2.61. The third-order valence-electron chi connectivity index (χ3n) is 2.74. The monoisotopic (exact) mass is 305 g/mol. The first-order valence-corrected chi connectivity index (χ1v) is 6.59. The van der Waals surface area contributed by atoms with Crippen molar-refractivity contribution in [1.29, 1.82) is 0 Å². The summed E-state index contributed by atoms with van der Waals surface area (Å²) in [5.74, 6) is 0.340. The number of hydrogen-bond donors (Lipinski definition) is 2. The van der Waals surface area contributed by atoms with Gasteiger partial charge in [0.2, 0.25) is 5.95 Å². The summed E-state index contributed by atoms with van der Waals surface area (Å²) in [5, 5.41) is 4.53. The molecule has 1 heterocycles. The van der Waals surface area contributed by atoms with Crippen molar-refractivity contribution in [3.05, 3.63) is 62.9 Å². The average molecular weight is 306 g/mol.